The molecule has 10 heteroatoms. The van der Waals surface area contributed by atoms with Gasteiger partial charge in [-0.3, -0.25) is 9.59 Å². The second-order valence-electron chi connectivity index (χ2n) is 8.21. The Labute approximate surface area is 202 Å². The highest BCUT2D eigenvalue weighted by Crippen LogP contribution is 2.24. The van der Waals surface area contributed by atoms with Gasteiger partial charge in [0.1, 0.15) is 0 Å². The number of aromatic nitrogens is 2. The maximum absolute atomic E-state index is 13.0. The smallest absolute Gasteiger partial charge is 0.270 e. The third-order valence-corrected chi connectivity index (χ3v) is 8.43. The minimum atomic E-state index is -4.02. The van der Waals surface area contributed by atoms with Gasteiger partial charge in [-0.05, 0) is 74.2 Å². The summed E-state index contributed by atoms with van der Waals surface area (Å²) in [6.07, 6.45) is 3.30. The monoisotopic (exact) mass is 498 g/mol. The average Bonchev–Trinajstić information content (AvgIpc) is 3.35. The first-order chi connectivity index (χ1) is 16.2. The zero-order valence-electron chi connectivity index (χ0n) is 19.0. The second kappa shape index (κ2) is 10.0. The summed E-state index contributed by atoms with van der Waals surface area (Å²) < 4.78 is 25.9. The fourth-order valence-electron chi connectivity index (χ4n) is 3.72. The van der Waals surface area contributed by atoms with E-state index < -0.39 is 20.3 Å². The van der Waals surface area contributed by atoms with Gasteiger partial charge in [0, 0.05) is 24.5 Å². The quantitative estimate of drug-likeness (QED) is 0.378. The Morgan fingerprint density at radius 2 is 1.79 bits per heavy atom. The minimum Gasteiger partial charge on any atom is -0.372 e. The predicted molar refractivity (Wildman–Crippen MR) is 133 cm³/mol. The Morgan fingerprint density at radius 3 is 2.44 bits per heavy atom. The van der Waals surface area contributed by atoms with Gasteiger partial charge >= 0.3 is 0 Å². The van der Waals surface area contributed by atoms with Gasteiger partial charge in [-0.1, -0.05) is 17.8 Å². The lowest BCUT2D eigenvalue weighted by Gasteiger charge is -2.17. The van der Waals surface area contributed by atoms with Crippen molar-refractivity contribution >= 4 is 38.9 Å². The normalized spacial score (nSPS) is 13.8. The van der Waals surface area contributed by atoms with Crippen LogP contribution in [0.5, 0.6) is 0 Å². The highest BCUT2D eigenvalue weighted by atomic mass is 32.2. The van der Waals surface area contributed by atoms with Crippen LogP contribution in [0, 0.1) is 13.8 Å². The molecule has 0 atom stereocenters. The number of hydrogen-bond acceptors (Lipinski definition) is 7. The summed E-state index contributed by atoms with van der Waals surface area (Å²) in [6, 6.07) is 12.2. The largest absolute Gasteiger partial charge is 0.372 e. The van der Waals surface area contributed by atoms with Gasteiger partial charge in [-0.25, -0.2) is 13.4 Å². The van der Waals surface area contributed by atoms with Gasteiger partial charge in [-0.2, -0.15) is 0 Å². The van der Waals surface area contributed by atoms with Gasteiger partial charge < -0.3 is 15.2 Å². The Bertz CT molecular complexity index is 1360. The van der Waals surface area contributed by atoms with Crippen molar-refractivity contribution in [2.75, 3.05) is 29.1 Å². The molecule has 0 radical (unpaired) electrons. The average molecular weight is 499 g/mol. The second-order valence-corrected chi connectivity index (χ2v) is 11.1. The van der Waals surface area contributed by atoms with Gasteiger partial charge in [0.25, 0.3) is 5.56 Å². The van der Waals surface area contributed by atoms with Crippen molar-refractivity contribution in [3.8, 4) is 0 Å². The molecule has 34 heavy (non-hydrogen) atoms. The molecule has 1 amide bonds. The molecular formula is C24H26N4O4S2. The molecule has 1 aliphatic heterocycles. The molecule has 178 valence electrons. The fourth-order valence-corrected chi connectivity index (χ4v) is 5.59. The van der Waals surface area contributed by atoms with Gasteiger partial charge in [-0.15, -0.1) is 0 Å². The molecule has 2 aromatic carbocycles. The van der Waals surface area contributed by atoms with Crippen LogP contribution in [0.15, 0.2) is 68.4 Å². The lowest BCUT2D eigenvalue weighted by atomic mass is 10.1. The number of amides is 1. The van der Waals surface area contributed by atoms with Crippen LogP contribution in [-0.2, 0) is 14.6 Å². The number of aromatic amines is 1. The Hall–Kier alpha value is -3.11. The van der Waals surface area contributed by atoms with Crippen LogP contribution in [0.2, 0.25) is 0 Å². The summed E-state index contributed by atoms with van der Waals surface area (Å²) in [5.41, 5.74) is 3.09. The van der Waals surface area contributed by atoms with Crippen molar-refractivity contribution in [2.45, 2.75) is 41.6 Å². The highest BCUT2D eigenvalue weighted by Gasteiger charge is 2.23. The van der Waals surface area contributed by atoms with Crippen LogP contribution >= 0.6 is 11.8 Å². The first-order valence-corrected chi connectivity index (χ1v) is 13.4. The number of nitrogens with one attached hydrogen (secondary N) is 2. The molecule has 0 saturated carbocycles. The summed E-state index contributed by atoms with van der Waals surface area (Å²) in [7, 11) is -4.02. The van der Waals surface area contributed by atoms with E-state index in [1.54, 1.807) is 12.1 Å². The third kappa shape index (κ3) is 5.34. The standard InChI is InChI=1S/C24H26N4O4S2/c1-16-5-6-18(13-17(16)2)26-22(29)15-33-24-25-14-21(23(30)27-24)34(31,32)20-9-7-19(8-10-20)28-11-3-4-12-28/h5-10,13-14H,3-4,11-12,15H2,1-2H3,(H,26,29)(H,25,27,30). The fraction of sp³-hybridized carbons (Fsp3) is 0.292. The van der Waals surface area contributed by atoms with E-state index in [1.807, 2.05) is 32.0 Å². The van der Waals surface area contributed by atoms with Crippen molar-refractivity contribution in [1.82, 2.24) is 9.97 Å². The molecule has 0 spiro atoms. The first-order valence-electron chi connectivity index (χ1n) is 10.9. The minimum absolute atomic E-state index is 0.0138. The molecule has 8 nitrogen and oxygen atoms in total. The number of benzene rings is 2. The maximum atomic E-state index is 13.0. The number of thioether (sulfide) groups is 1. The molecule has 2 heterocycles. The van der Waals surface area contributed by atoms with E-state index in [4.69, 9.17) is 0 Å². The molecule has 0 unspecified atom stereocenters. The number of carbonyl (C=O) groups excluding carboxylic acids is 1. The summed E-state index contributed by atoms with van der Waals surface area (Å²) in [5.74, 6) is -0.245. The van der Waals surface area contributed by atoms with Gasteiger partial charge in [0.2, 0.25) is 15.7 Å². The number of rotatable bonds is 7. The van der Waals surface area contributed by atoms with Crippen LogP contribution in [0.25, 0.3) is 0 Å². The highest BCUT2D eigenvalue weighted by molar-refractivity contribution is 7.99. The van der Waals surface area contributed by atoms with E-state index in [2.05, 4.69) is 20.2 Å². The van der Waals surface area contributed by atoms with E-state index in [1.165, 1.54) is 12.1 Å². The van der Waals surface area contributed by atoms with Crippen molar-refractivity contribution < 1.29 is 13.2 Å². The molecule has 0 bridgehead atoms. The molecule has 1 saturated heterocycles. The summed E-state index contributed by atoms with van der Waals surface area (Å²) in [5, 5.41) is 2.97. The van der Waals surface area contributed by atoms with Crippen LogP contribution in [0.4, 0.5) is 11.4 Å². The number of nitrogens with zero attached hydrogens (tertiary/aromatic N) is 2. The van der Waals surface area contributed by atoms with Crippen molar-refractivity contribution in [2.24, 2.45) is 0 Å². The number of sulfone groups is 1. The molecule has 0 aliphatic carbocycles. The number of anilines is 2. The van der Waals surface area contributed by atoms with E-state index in [-0.39, 0.29) is 21.7 Å². The molecule has 1 fully saturated rings. The number of H-pyrrole nitrogens is 1. The van der Waals surface area contributed by atoms with Crippen LogP contribution < -0.4 is 15.8 Å². The Kier molecular flexibility index (Phi) is 7.08. The number of hydrogen-bond donors (Lipinski definition) is 2. The summed E-state index contributed by atoms with van der Waals surface area (Å²) in [6.45, 7) is 5.87. The van der Waals surface area contributed by atoms with Crippen molar-refractivity contribution in [3.05, 3.63) is 70.1 Å². The van der Waals surface area contributed by atoms with E-state index in [9.17, 15) is 18.0 Å². The Balaban J connectivity index is 1.42. The van der Waals surface area contributed by atoms with Crippen molar-refractivity contribution in [1.29, 1.82) is 0 Å². The Morgan fingerprint density at radius 1 is 1.09 bits per heavy atom. The summed E-state index contributed by atoms with van der Waals surface area (Å²) in [4.78, 5) is 33.1. The SMILES string of the molecule is Cc1ccc(NC(=O)CSc2ncc(S(=O)(=O)c3ccc(N4CCCC4)cc3)c(=O)[nH]2)cc1C. The number of carbonyl (C=O) groups is 1. The molecule has 4 rings (SSSR count). The third-order valence-electron chi connectivity index (χ3n) is 5.78. The lowest BCUT2D eigenvalue weighted by Crippen LogP contribution is -2.20. The van der Waals surface area contributed by atoms with E-state index >= 15 is 0 Å². The molecule has 2 N–H and O–H groups in total. The van der Waals surface area contributed by atoms with Gasteiger partial charge in [0.05, 0.1) is 16.8 Å². The predicted octanol–water partition coefficient (Wildman–Crippen LogP) is 3.55. The van der Waals surface area contributed by atoms with Crippen LogP contribution in [-0.4, -0.2) is 43.1 Å². The van der Waals surface area contributed by atoms with Crippen LogP contribution in [0.3, 0.4) is 0 Å². The van der Waals surface area contributed by atoms with Crippen molar-refractivity contribution in [3.63, 3.8) is 0 Å². The summed E-state index contributed by atoms with van der Waals surface area (Å²) >= 11 is 1.02. The number of aryl methyl sites for hydroxylation is 2. The molecule has 1 aliphatic rings. The molecule has 3 aromatic rings. The molecule has 1 aromatic heterocycles. The molecular weight excluding hydrogens is 472 g/mol. The zero-order chi connectivity index (χ0) is 24.3. The van der Waals surface area contributed by atoms with E-state index in [0.29, 0.717) is 5.69 Å². The van der Waals surface area contributed by atoms with Crippen LogP contribution in [0.1, 0.15) is 24.0 Å². The maximum Gasteiger partial charge on any atom is 0.270 e. The van der Waals surface area contributed by atoms with E-state index in [0.717, 1.165) is 60.7 Å². The lowest BCUT2D eigenvalue weighted by molar-refractivity contribution is -0.113. The van der Waals surface area contributed by atoms with Gasteiger partial charge in [0.15, 0.2) is 10.1 Å². The topological polar surface area (TPSA) is 112 Å². The first kappa shape index (κ1) is 24.0. The zero-order valence-corrected chi connectivity index (χ0v) is 20.6.